The second-order valence-electron chi connectivity index (χ2n) is 28.5. The molecule has 0 aromatic heterocycles. The molecule has 7 N–H and O–H groups in total. The van der Waals surface area contributed by atoms with Crippen LogP contribution in [0.5, 0.6) is 0 Å². The van der Waals surface area contributed by atoms with Crippen molar-refractivity contribution in [2.75, 3.05) is 65.6 Å². The predicted molar refractivity (Wildman–Crippen MR) is 353 cm³/mol. The van der Waals surface area contributed by atoms with E-state index in [2.05, 4.69) is 46.7 Å². The van der Waals surface area contributed by atoms with E-state index in [-0.39, 0.29) is 169 Å². The molecule has 12 bridgehead atoms. The van der Waals surface area contributed by atoms with Crippen molar-refractivity contribution < 1.29 is 99.9 Å². The lowest BCUT2D eigenvalue weighted by atomic mass is 9.81. The maximum atomic E-state index is 14.6. The highest BCUT2D eigenvalue weighted by Crippen LogP contribution is 2.55. The van der Waals surface area contributed by atoms with E-state index in [1.165, 1.54) is 12.2 Å². The summed E-state index contributed by atoms with van der Waals surface area (Å²) in [6.45, 7) is 15.3. The Morgan fingerprint density at radius 1 is 0.727 bits per heavy atom. The smallest absolute Gasteiger partial charge is 0.407 e. The monoisotopic (exact) mass is 1390 g/mol. The number of amides is 8. The van der Waals surface area contributed by atoms with Gasteiger partial charge in [0.15, 0.2) is 5.79 Å². The average Bonchev–Trinajstić information content (AvgIpc) is 1.55. The molecule has 0 radical (unpaired) electrons. The summed E-state index contributed by atoms with van der Waals surface area (Å²) in [5.41, 5.74) is 8.32. The van der Waals surface area contributed by atoms with E-state index in [0.29, 0.717) is 49.8 Å². The summed E-state index contributed by atoms with van der Waals surface area (Å²) in [6, 6.07) is 3.73. The summed E-state index contributed by atoms with van der Waals surface area (Å²) >= 11 is 0. The SMILES string of the molecule is C=C1C[C@@H]2CC[C@@]34C[C@H]5OC6[C@@H](O[C@H]7CC[C@H](CC(=O)C[C@@H]8[C@@H](OC)[C@@H](C[C@@H](CNC(=O)OCc9ccc(NC(=O)[C@H](CCCNC(N)=O)NC(=O)[C@@H](NC(=O)CCOCCOCCN%10C(=O)C=CC%10=O)C(C)C)cc9)OC)O[C@H]8C[C@H]8O[C@@H](CC[C@@H]1O2)C[C@@H](C)C8=C)O[C@@H]7[C@@H]6O3)[C@H]5O4. The van der Waals surface area contributed by atoms with Gasteiger partial charge in [0.25, 0.3) is 11.8 Å². The van der Waals surface area contributed by atoms with Crippen LogP contribution in [0.1, 0.15) is 129 Å². The molecule has 546 valence electrons. The molecular formula is C71H101N7O21. The van der Waals surface area contributed by atoms with Gasteiger partial charge in [-0.15, -0.1) is 0 Å². The number of methoxy groups -OCH3 is 2. The van der Waals surface area contributed by atoms with Crippen molar-refractivity contribution >= 4 is 53.1 Å². The van der Waals surface area contributed by atoms with Gasteiger partial charge in [0.05, 0.1) is 100 Å². The molecule has 1 aromatic rings. The molecule has 28 nitrogen and oxygen atoms in total. The Hall–Kier alpha value is -6.28. The number of ketones is 1. The lowest BCUT2D eigenvalue weighted by Crippen LogP contribution is -2.61. The zero-order chi connectivity index (χ0) is 70.1. The van der Waals surface area contributed by atoms with Gasteiger partial charge in [0, 0.05) is 96.0 Å². The van der Waals surface area contributed by atoms with Crippen LogP contribution in [-0.4, -0.2) is 228 Å². The Morgan fingerprint density at radius 3 is 2.19 bits per heavy atom. The van der Waals surface area contributed by atoms with Gasteiger partial charge in [-0.25, -0.2) is 9.59 Å². The molecule has 8 amide bonds. The van der Waals surface area contributed by atoms with Gasteiger partial charge >= 0.3 is 12.1 Å². The number of Topliss-reactive ketones (excluding diaryl/α,β-unsaturated/α-hetero) is 1. The standard InChI is InChI=1S/C71H101N7O21/c1-38(2)60(77-57(80)21-25-89-27-28-90-26-24-78-58(81)18-19-59(78)82)68(84)76-50(9-8-23-73-69(72)85)67(83)75-43-12-10-42(11-13-43)37-91-70(86)74-36-48(87-6)33-55-61(88-7)49-32-44(79)31-46-15-17-52-62(94-46)66-65-64(96-52)63-56(97-65)35-71(98-63,99-66)22-20-47-30-40(4)51(92-47)16-14-45-29-39(3)41(5)53(93-45)34-54(49)95-55/h10-13,18-19,38-39,45-56,60-66H,4-5,8-9,14-17,20-37H2,1-3,6-7H3,(H,74,86)(H,75,83)(H,76,84)(H,77,80)(H3,72,73,85)/t39-,45+,46-,47+,48+,49+,50+,51+,52+,53-,54+,55-,56-,60+,61-,62+,63+,64+,65?,66+,71+/m1/s1. The summed E-state index contributed by atoms with van der Waals surface area (Å²) < 4.78 is 83.8. The number of alkyl carbamates (subject to hydrolysis) is 1. The third kappa shape index (κ3) is 18.5. The third-order valence-corrected chi connectivity index (χ3v) is 21.2. The molecule has 99 heavy (non-hydrogen) atoms. The molecule has 10 saturated heterocycles. The van der Waals surface area contributed by atoms with Gasteiger partial charge in [0.1, 0.15) is 55.0 Å². The number of imide groups is 1. The van der Waals surface area contributed by atoms with Crippen LogP contribution in [0.25, 0.3) is 0 Å². The van der Waals surface area contributed by atoms with E-state index >= 15 is 0 Å². The molecule has 0 saturated carbocycles. The highest BCUT2D eigenvalue weighted by Gasteiger charge is 2.69. The predicted octanol–water partition coefficient (Wildman–Crippen LogP) is 4.42. The van der Waals surface area contributed by atoms with Crippen molar-refractivity contribution in [3.63, 3.8) is 0 Å². The Labute approximate surface area is 578 Å². The molecule has 21 atom stereocenters. The average molecular weight is 1390 g/mol. The number of carbonyl (C=O) groups is 8. The van der Waals surface area contributed by atoms with Crippen molar-refractivity contribution in [3.05, 3.63) is 66.3 Å². The second kappa shape index (κ2) is 33.7. The number of nitrogens with zero attached hydrogens (tertiary/aromatic N) is 1. The molecule has 11 heterocycles. The van der Waals surface area contributed by atoms with Crippen LogP contribution in [0.4, 0.5) is 15.3 Å². The molecule has 28 heteroatoms. The summed E-state index contributed by atoms with van der Waals surface area (Å²) in [7, 11) is 3.19. The van der Waals surface area contributed by atoms with E-state index in [9.17, 15) is 38.4 Å². The number of anilines is 1. The van der Waals surface area contributed by atoms with E-state index in [1.807, 2.05) is 0 Å². The van der Waals surface area contributed by atoms with Gasteiger partial charge in [-0.2, -0.15) is 0 Å². The van der Waals surface area contributed by atoms with Gasteiger partial charge in [-0.05, 0) is 98.5 Å². The minimum atomic E-state index is -1.10. The normalized spacial score (nSPS) is 34.1. The first-order chi connectivity index (χ1) is 47.6. The van der Waals surface area contributed by atoms with E-state index < -0.39 is 96.2 Å². The minimum Gasteiger partial charge on any atom is -0.445 e. The zero-order valence-electron chi connectivity index (χ0n) is 57.6. The lowest BCUT2D eigenvalue weighted by Gasteiger charge is -2.47. The Balaban J connectivity index is 0.666. The Kier molecular flexibility index (Phi) is 25.1. The molecule has 11 aliphatic heterocycles. The topological polar surface area (TPSA) is 346 Å². The number of carbonyl (C=O) groups excluding carboxylic acids is 8. The number of primary amides is 1. The highest BCUT2D eigenvalue weighted by molar-refractivity contribution is 6.12. The van der Waals surface area contributed by atoms with Crippen LogP contribution in [0.2, 0.25) is 0 Å². The van der Waals surface area contributed by atoms with Crippen molar-refractivity contribution in [2.45, 2.75) is 246 Å². The van der Waals surface area contributed by atoms with Gasteiger partial charge in [0.2, 0.25) is 17.7 Å². The van der Waals surface area contributed by atoms with Crippen LogP contribution in [-0.2, 0) is 97.0 Å². The molecule has 11 aliphatic rings. The maximum absolute atomic E-state index is 14.6. The third-order valence-electron chi connectivity index (χ3n) is 21.2. The largest absolute Gasteiger partial charge is 0.445 e. The minimum absolute atomic E-state index is 0.0192. The second-order valence-corrected chi connectivity index (χ2v) is 28.5. The fourth-order valence-corrected chi connectivity index (χ4v) is 15.9. The summed E-state index contributed by atoms with van der Waals surface area (Å²) in [5, 5.41) is 13.6. The fourth-order valence-electron chi connectivity index (χ4n) is 15.9. The number of benzene rings is 1. The maximum Gasteiger partial charge on any atom is 0.407 e. The summed E-state index contributed by atoms with van der Waals surface area (Å²) in [6.07, 6.45) is 4.65. The number of urea groups is 1. The van der Waals surface area contributed by atoms with Crippen LogP contribution in [0, 0.1) is 17.8 Å². The van der Waals surface area contributed by atoms with Crippen LogP contribution >= 0.6 is 0 Å². The number of hydrogen-bond acceptors (Lipinski definition) is 21. The van der Waals surface area contributed by atoms with Crippen LogP contribution in [0.3, 0.4) is 0 Å². The van der Waals surface area contributed by atoms with Gasteiger partial charge in [-0.3, -0.25) is 33.7 Å². The van der Waals surface area contributed by atoms with E-state index in [0.717, 1.165) is 48.2 Å². The Morgan fingerprint density at radius 2 is 1.44 bits per heavy atom. The van der Waals surface area contributed by atoms with Crippen molar-refractivity contribution in [1.82, 2.24) is 26.2 Å². The molecule has 10 fully saturated rings. The van der Waals surface area contributed by atoms with Crippen molar-refractivity contribution in [3.8, 4) is 0 Å². The number of fused-ring (bicyclic) bond motifs is 6. The number of nitrogens with one attached hydrogen (secondary N) is 5. The first kappa shape index (κ1) is 73.9. The zero-order valence-corrected chi connectivity index (χ0v) is 57.6. The molecule has 1 spiro atoms. The summed E-state index contributed by atoms with van der Waals surface area (Å²) in [5.74, 6) is -3.82. The number of rotatable bonds is 27. The molecular weight excluding hydrogens is 1290 g/mol. The summed E-state index contributed by atoms with van der Waals surface area (Å²) in [4.78, 5) is 104. The fraction of sp³-hybridized carbons (Fsp3) is 0.718. The highest BCUT2D eigenvalue weighted by atomic mass is 16.8. The first-order valence-corrected chi connectivity index (χ1v) is 35.5. The number of ether oxygens (including phenoxy) is 13. The van der Waals surface area contributed by atoms with Gasteiger partial charge in [-0.1, -0.05) is 46.1 Å². The quantitative estimate of drug-likeness (QED) is 0.0403. The Bertz CT molecular complexity index is 3080. The molecule has 0 aliphatic carbocycles. The molecule has 1 aromatic carbocycles. The number of nitrogens with two attached hydrogens (primary N) is 1. The van der Waals surface area contributed by atoms with Crippen molar-refractivity contribution in [1.29, 1.82) is 0 Å². The van der Waals surface area contributed by atoms with Crippen LogP contribution in [0.15, 0.2) is 60.7 Å². The van der Waals surface area contributed by atoms with Crippen molar-refractivity contribution in [2.24, 2.45) is 23.5 Å². The van der Waals surface area contributed by atoms with Crippen LogP contribution < -0.4 is 32.3 Å². The number of hydrogen-bond donors (Lipinski definition) is 6. The van der Waals surface area contributed by atoms with Gasteiger partial charge < -0.3 is 93.9 Å². The molecule has 12 rings (SSSR count). The first-order valence-electron chi connectivity index (χ1n) is 35.5. The molecule has 1 unspecified atom stereocenters. The van der Waals surface area contributed by atoms with E-state index in [4.69, 9.17) is 67.3 Å². The van der Waals surface area contributed by atoms with E-state index in [1.54, 1.807) is 52.3 Å². The lowest BCUT2D eigenvalue weighted by molar-refractivity contribution is -0.292.